The average Bonchev–Trinajstić information content (AvgIpc) is 2.69. The molecule has 1 aliphatic carbocycles. The third-order valence-electron chi connectivity index (χ3n) is 5.82. The molecule has 1 fully saturated rings. The number of phenolic OH excluding ortho intramolecular Hbond substituents is 1. The van der Waals surface area contributed by atoms with Crippen molar-refractivity contribution in [2.24, 2.45) is 17.8 Å². The van der Waals surface area contributed by atoms with Gasteiger partial charge in [-0.15, -0.1) is 0 Å². The third-order valence-corrected chi connectivity index (χ3v) is 5.82. The maximum absolute atomic E-state index is 12.6. The molecule has 0 aromatic heterocycles. The van der Waals surface area contributed by atoms with Gasteiger partial charge < -0.3 is 20.5 Å². The number of rotatable bonds is 8. The van der Waals surface area contributed by atoms with Crippen molar-refractivity contribution in [1.82, 2.24) is 10.6 Å². The zero-order valence-corrected chi connectivity index (χ0v) is 18.1. The van der Waals surface area contributed by atoms with E-state index in [-0.39, 0.29) is 37.3 Å². The smallest absolute Gasteiger partial charge is 0.407 e. The summed E-state index contributed by atoms with van der Waals surface area (Å²) in [6, 6.07) is 8.28. The van der Waals surface area contributed by atoms with Gasteiger partial charge in [-0.3, -0.25) is 4.79 Å². The van der Waals surface area contributed by atoms with E-state index in [0.29, 0.717) is 23.3 Å². The van der Waals surface area contributed by atoms with Crippen LogP contribution in [-0.4, -0.2) is 36.3 Å². The van der Waals surface area contributed by atoms with Gasteiger partial charge in [-0.25, -0.2) is 4.79 Å². The van der Waals surface area contributed by atoms with Crippen LogP contribution in [0.1, 0.15) is 57.9 Å². The van der Waals surface area contributed by atoms with Crippen LogP contribution in [0.4, 0.5) is 4.79 Å². The predicted octanol–water partition coefficient (Wildman–Crippen LogP) is 3.69. The molecular weight excluding hydrogens is 382 g/mol. The molecule has 0 saturated heterocycles. The van der Waals surface area contributed by atoms with Crippen LogP contribution in [-0.2, 0) is 9.53 Å². The summed E-state index contributed by atoms with van der Waals surface area (Å²) in [4.78, 5) is 25.1. The Morgan fingerprint density at radius 3 is 2.57 bits per heavy atom. The number of carbonyl (C=O) groups is 2. The summed E-state index contributed by atoms with van der Waals surface area (Å²) >= 11 is 0. The van der Waals surface area contributed by atoms with E-state index in [2.05, 4.69) is 31.4 Å². The number of hydrogen-bond acceptors (Lipinski definition) is 5. The first kappa shape index (κ1) is 23.5. The summed E-state index contributed by atoms with van der Waals surface area (Å²) in [7, 11) is 0. The third kappa shape index (κ3) is 6.94. The Bertz CT molecular complexity index is 742. The minimum absolute atomic E-state index is 0.0661. The zero-order valence-electron chi connectivity index (χ0n) is 18.1. The van der Waals surface area contributed by atoms with Crippen molar-refractivity contribution < 1.29 is 19.4 Å². The van der Waals surface area contributed by atoms with Gasteiger partial charge in [0.15, 0.2) is 0 Å². The number of ether oxygens (including phenoxy) is 1. The first-order valence-corrected chi connectivity index (χ1v) is 10.7. The Labute approximate surface area is 178 Å². The summed E-state index contributed by atoms with van der Waals surface area (Å²) < 4.78 is 5.75. The molecule has 0 radical (unpaired) electrons. The van der Waals surface area contributed by atoms with Crippen molar-refractivity contribution in [3.05, 3.63) is 29.8 Å². The molecule has 7 nitrogen and oxygen atoms in total. The topological polar surface area (TPSA) is 111 Å². The Morgan fingerprint density at radius 2 is 1.93 bits per heavy atom. The second-order valence-electron chi connectivity index (χ2n) is 8.49. The first-order chi connectivity index (χ1) is 14.3. The van der Waals surface area contributed by atoms with Crippen LogP contribution in [0.15, 0.2) is 24.3 Å². The van der Waals surface area contributed by atoms with Gasteiger partial charge in [0.2, 0.25) is 5.91 Å². The van der Waals surface area contributed by atoms with Crippen LogP contribution in [0.3, 0.4) is 0 Å². The van der Waals surface area contributed by atoms with E-state index in [1.807, 2.05) is 6.07 Å². The highest BCUT2D eigenvalue weighted by Crippen LogP contribution is 2.35. The summed E-state index contributed by atoms with van der Waals surface area (Å²) in [6.45, 7) is 6.79. The molecule has 1 aliphatic rings. The largest absolute Gasteiger partial charge is 0.508 e. The Morgan fingerprint density at radius 1 is 1.23 bits per heavy atom. The van der Waals surface area contributed by atoms with Crippen molar-refractivity contribution in [3.8, 4) is 11.8 Å². The SMILES string of the molecule is CC1CCC(C(C)C)C(OC(=O)NCC(C(=O)NCCC#N)c2ccc(O)cc2)C1. The molecule has 164 valence electrons. The van der Waals surface area contributed by atoms with Gasteiger partial charge in [0.25, 0.3) is 0 Å². The molecule has 0 heterocycles. The second-order valence-corrected chi connectivity index (χ2v) is 8.49. The number of hydrogen-bond donors (Lipinski definition) is 3. The lowest BCUT2D eigenvalue weighted by Crippen LogP contribution is -2.41. The standard InChI is InChI=1S/C23H33N3O4/c1-15(2)19-10-5-16(3)13-21(19)30-23(29)26-14-20(22(28)25-12-4-11-24)17-6-8-18(27)9-7-17/h6-9,15-16,19-21,27H,4-5,10,12-14H2,1-3H3,(H,25,28)(H,26,29). The molecule has 1 saturated carbocycles. The van der Waals surface area contributed by atoms with E-state index in [0.717, 1.165) is 19.3 Å². The van der Waals surface area contributed by atoms with Crippen LogP contribution in [0.5, 0.6) is 5.75 Å². The van der Waals surface area contributed by atoms with Crippen LogP contribution in [0, 0.1) is 29.1 Å². The van der Waals surface area contributed by atoms with Gasteiger partial charge in [0.1, 0.15) is 11.9 Å². The minimum Gasteiger partial charge on any atom is -0.508 e. The number of nitrogens with one attached hydrogen (secondary N) is 2. The molecule has 2 amide bonds. The van der Waals surface area contributed by atoms with Crippen molar-refractivity contribution >= 4 is 12.0 Å². The van der Waals surface area contributed by atoms with Crippen LogP contribution >= 0.6 is 0 Å². The fraction of sp³-hybridized carbons (Fsp3) is 0.609. The van der Waals surface area contributed by atoms with Crippen LogP contribution in [0.25, 0.3) is 0 Å². The predicted molar refractivity (Wildman–Crippen MR) is 114 cm³/mol. The highest BCUT2D eigenvalue weighted by atomic mass is 16.6. The van der Waals surface area contributed by atoms with Crippen molar-refractivity contribution in [2.45, 2.75) is 58.5 Å². The van der Waals surface area contributed by atoms with E-state index in [1.165, 1.54) is 12.1 Å². The molecule has 0 aliphatic heterocycles. The van der Waals surface area contributed by atoms with Gasteiger partial charge in [-0.1, -0.05) is 39.3 Å². The molecule has 3 N–H and O–H groups in total. The molecule has 0 spiro atoms. The number of alkyl carbamates (subject to hydrolysis) is 1. The summed E-state index contributed by atoms with van der Waals surface area (Å²) in [5.41, 5.74) is 0.661. The van der Waals surface area contributed by atoms with Gasteiger partial charge in [0.05, 0.1) is 18.4 Å². The Balaban J connectivity index is 2.00. The normalized spacial score (nSPS) is 22.0. The number of benzene rings is 1. The maximum Gasteiger partial charge on any atom is 0.407 e. The molecule has 2 rings (SSSR count). The van der Waals surface area contributed by atoms with E-state index < -0.39 is 12.0 Å². The van der Waals surface area contributed by atoms with E-state index in [4.69, 9.17) is 10.00 Å². The lowest BCUT2D eigenvalue weighted by Gasteiger charge is -2.36. The first-order valence-electron chi connectivity index (χ1n) is 10.7. The molecule has 1 aromatic rings. The molecule has 1 aromatic carbocycles. The number of phenols is 1. The number of nitrogens with zero attached hydrogens (tertiary/aromatic N) is 1. The van der Waals surface area contributed by atoms with E-state index in [9.17, 15) is 14.7 Å². The fourth-order valence-corrected chi connectivity index (χ4v) is 4.05. The molecule has 7 heteroatoms. The van der Waals surface area contributed by atoms with E-state index in [1.54, 1.807) is 12.1 Å². The van der Waals surface area contributed by atoms with Gasteiger partial charge in [0, 0.05) is 13.1 Å². The summed E-state index contributed by atoms with van der Waals surface area (Å²) in [6.07, 6.45) is 2.62. The van der Waals surface area contributed by atoms with Gasteiger partial charge in [-0.05, 0) is 48.3 Å². The number of nitriles is 1. The molecular formula is C23H33N3O4. The summed E-state index contributed by atoms with van der Waals surface area (Å²) in [5.74, 6) is 0.458. The van der Waals surface area contributed by atoms with Crippen LogP contribution < -0.4 is 10.6 Å². The Kier molecular flexibility index (Phi) is 8.97. The molecule has 30 heavy (non-hydrogen) atoms. The number of aromatic hydroxyl groups is 1. The second kappa shape index (κ2) is 11.4. The summed E-state index contributed by atoms with van der Waals surface area (Å²) in [5, 5.41) is 23.6. The van der Waals surface area contributed by atoms with E-state index >= 15 is 0 Å². The number of amides is 2. The monoisotopic (exact) mass is 415 g/mol. The van der Waals surface area contributed by atoms with Crippen molar-refractivity contribution in [1.29, 1.82) is 5.26 Å². The lowest BCUT2D eigenvalue weighted by atomic mass is 9.75. The highest BCUT2D eigenvalue weighted by Gasteiger charge is 2.33. The van der Waals surface area contributed by atoms with Crippen molar-refractivity contribution in [2.75, 3.05) is 13.1 Å². The fourth-order valence-electron chi connectivity index (χ4n) is 4.05. The molecule has 4 unspecified atom stereocenters. The maximum atomic E-state index is 12.6. The zero-order chi connectivity index (χ0) is 22.1. The molecule has 0 bridgehead atoms. The lowest BCUT2D eigenvalue weighted by molar-refractivity contribution is -0.122. The minimum atomic E-state index is -0.650. The van der Waals surface area contributed by atoms with Gasteiger partial charge in [-0.2, -0.15) is 5.26 Å². The number of carbonyl (C=O) groups excluding carboxylic acids is 2. The van der Waals surface area contributed by atoms with Crippen molar-refractivity contribution in [3.63, 3.8) is 0 Å². The molecule has 4 atom stereocenters. The quantitative estimate of drug-likeness (QED) is 0.561. The van der Waals surface area contributed by atoms with Gasteiger partial charge >= 0.3 is 6.09 Å². The highest BCUT2D eigenvalue weighted by molar-refractivity contribution is 5.84. The average molecular weight is 416 g/mol. The Hall–Kier alpha value is -2.75. The van der Waals surface area contributed by atoms with Crippen LogP contribution in [0.2, 0.25) is 0 Å².